The van der Waals surface area contributed by atoms with Gasteiger partial charge in [-0.25, -0.2) is 0 Å². The normalized spacial score (nSPS) is 22.9. The Balaban J connectivity index is 0.00000461. The number of nitrogens with zero attached hydrogens (tertiary/aromatic N) is 2. The molecule has 0 bridgehead atoms. The molecule has 5 rings (SSSR count). The lowest BCUT2D eigenvalue weighted by atomic mass is 9.78. The molecule has 2 aliphatic heterocycles. The maximum absolute atomic E-state index is 13.1. The van der Waals surface area contributed by atoms with Crippen molar-refractivity contribution in [3.05, 3.63) is 35.4 Å². The van der Waals surface area contributed by atoms with Crippen LogP contribution in [0.3, 0.4) is 0 Å². The van der Waals surface area contributed by atoms with Crippen LogP contribution in [0.1, 0.15) is 97.6 Å². The van der Waals surface area contributed by atoms with Gasteiger partial charge < -0.3 is 15.6 Å². The van der Waals surface area contributed by atoms with Crippen molar-refractivity contribution in [2.24, 2.45) is 23.2 Å². The molecule has 0 unspecified atom stereocenters. The highest BCUT2D eigenvalue weighted by Gasteiger charge is 2.33. The van der Waals surface area contributed by atoms with Crippen LogP contribution in [-0.4, -0.2) is 67.3 Å². The minimum absolute atomic E-state index is 0. The molecule has 3 heterocycles. The predicted molar refractivity (Wildman–Crippen MR) is 181 cm³/mol. The van der Waals surface area contributed by atoms with Gasteiger partial charge in [0.25, 0.3) is 11.8 Å². The molecule has 1 saturated carbocycles. The number of nitrogens with one attached hydrogen (secondary N) is 1. The highest BCUT2D eigenvalue weighted by molar-refractivity contribution is 7.80. The Hall–Kier alpha value is -2.62. The molecule has 2 aromatic rings. The Labute approximate surface area is 272 Å². The number of carbonyl (C=O) groups excluding carboxylic acids is 3. The molecular formula is C36H53N3O5S. The molecule has 248 valence electrons. The van der Waals surface area contributed by atoms with Gasteiger partial charge in [-0.05, 0) is 102 Å². The molecule has 0 spiro atoms. The second-order valence-electron chi connectivity index (χ2n) is 15.7. The zero-order valence-electron chi connectivity index (χ0n) is 28.0. The number of benzene rings is 1. The number of H-pyrrole nitrogens is 1. The average molecular weight is 640 g/mol. The molecule has 0 radical (unpaired) electrons. The lowest BCUT2D eigenvalue weighted by molar-refractivity contribution is -0.138. The minimum Gasteiger partial charge on any atom is -0.870 e. The quantitative estimate of drug-likeness (QED) is 0.182. The summed E-state index contributed by atoms with van der Waals surface area (Å²) in [4.78, 5) is 44.4. The third-order valence-electron chi connectivity index (χ3n) is 9.49. The number of aromatic nitrogens is 1. The summed E-state index contributed by atoms with van der Waals surface area (Å²) in [5.41, 5.74) is 3.57. The summed E-state index contributed by atoms with van der Waals surface area (Å²) in [7, 11) is 0. The Kier molecular flexibility index (Phi) is 11.0. The van der Waals surface area contributed by atoms with E-state index in [9.17, 15) is 19.5 Å². The van der Waals surface area contributed by atoms with Crippen molar-refractivity contribution in [2.45, 2.75) is 109 Å². The second-order valence-corrected chi connectivity index (χ2v) is 17.7. The second kappa shape index (κ2) is 14.0. The maximum Gasteiger partial charge on any atom is 0.253 e. The van der Waals surface area contributed by atoms with Crippen molar-refractivity contribution in [1.82, 2.24) is 14.8 Å². The van der Waals surface area contributed by atoms with E-state index in [1.54, 1.807) is 0 Å². The number of hydrogen-bond acceptors (Lipinski definition) is 6. The first-order chi connectivity index (χ1) is 20.7. The highest BCUT2D eigenvalue weighted by atomic mass is 32.2. The fraction of sp³-hybridized carbons (Fsp3) is 0.639. The smallest absolute Gasteiger partial charge is 0.253 e. The molecule has 1 atom stereocenters. The number of carbonyl (C=O) groups is 3. The molecule has 2 fully saturated rings. The number of Topliss-reactive ketones (excluding diaryl/α,β-unsaturated/α-hetero) is 1. The maximum atomic E-state index is 13.1. The van der Waals surface area contributed by atoms with Gasteiger partial charge in [0.1, 0.15) is 16.3 Å². The zero-order valence-corrected chi connectivity index (χ0v) is 28.9. The van der Waals surface area contributed by atoms with E-state index in [4.69, 9.17) is 0 Å². The lowest BCUT2D eigenvalue weighted by Crippen LogP contribution is -2.36. The van der Waals surface area contributed by atoms with Crippen molar-refractivity contribution in [3.8, 4) is 5.75 Å². The van der Waals surface area contributed by atoms with Crippen LogP contribution < -0.4 is 0 Å². The van der Waals surface area contributed by atoms with E-state index in [0.29, 0.717) is 42.9 Å². The number of likely N-dealkylation sites (tertiary alicyclic amines) is 1. The number of thiol groups is 1. The molecule has 8 nitrogen and oxygen atoms in total. The van der Waals surface area contributed by atoms with Crippen LogP contribution in [0.5, 0.6) is 5.75 Å². The van der Waals surface area contributed by atoms with E-state index in [0.717, 1.165) is 69.1 Å². The summed E-state index contributed by atoms with van der Waals surface area (Å²) in [6, 6.07) is 3.95. The molecule has 9 heteroatoms. The number of hydrogen-bond donors (Lipinski definition) is 2. The first kappa shape index (κ1) is 35.2. The molecular weight excluding hydrogens is 586 g/mol. The van der Waals surface area contributed by atoms with Crippen LogP contribution in [0.2, 0.25) is 0 Å². The van der Waals surface area contributed by atoms with E-state index in [1.165, 1.54) is 44.8 Å². The van der Waals surface area contributed by atoms with Crippen molar-refractivity contribution in [1.29, 1.82) is 0 Å². The first-order valence-corrected chi connectivity index (χ1v) is 17.4. The van der Waals surface area contributed by atoms with Gasteiger partial charge >= 0.3 is 0 Å². The third-order valence-corrected chi connectivity index (χ3v) is 10.8. The number of amides is 2. The fourth-order valence-electron chi connectivity index (χ4n) is 7.26. The van der Waals surface area contributed by atoms with Crippen LogP contribution in [0.4, 0.5) is 0 Å². The van der Waals surface area contributed by atoms with Crippen LogP contribution in [0.25, 0.3) is 10.9 Å². The van der Waals surface area contributed by atoms with E-state index in [2.05, 4.69) is 57.5 Å². The van der Waals surface area contributed by atoms with Crippen molar-refractivity contribution >= 4 is 40.3 Å². The Morgan fingerprint density at radius 1 is 0.956 bits per heavy atom. The average Bonchev–Trinajstić information content (AvgIpc) is 3.61. The standard InChI is InChI=1S/C36H51N3O4S.H2O/c1-35(2,3)19-27-26-12-14-30(41)28(33(26)37-34(27)44-36(4,5)6)22-38-18-17-24(20-38)9-13-29(40)25-10-7-23(8-11-25)21-39-31(42)15-16-32(39)43;/h12,14-16,23-25,37,41H,7-11,13,17-22H2,1-6H3;1H2/t23?,24-,25?;/m1./s1. The summed E-state index contributed by atoms with van der Waals surface area (Å²) < 4.78 is 0.126. The largest absolute Gasteiger partial charge is 0.870 e. The summed E-state index contributed by atoms with van der Waals surface area (Å²) >= 11 is 1.26. The zero-order chi connectivity index (χ0) is 31.8. The lowest BCUT2D eigenvalue weighted by Gasteiger charge is -2.30. The van der Waals surface area contributed by atoms with E-state index in [1.807, 2.05) is 6.07 Å². The molecule has 1 aliphatic carbocycles. The Bertz CT molecular complexity index is 1410. The molecule has 3 N–H and O–H groups in total. The number of ketones is 1. The van der Waals surface area contributed by atoms with Crippen molar-refractivity contribution in [3.63, 3.8) is 0 Å². The molecule has 3 aliphatic rings. The highest BCUT2D eigenvalue weighted by Crippen LogP contribution is 2.38. The Morgan fingerprint density at radius 2 is 1.62 bits per heavy atom. The van der Waals surface area contributed by atoms with Gasteiger partial charge in [-0.2, -0.15) is 0 Å². The van der Waals surface area contributed by atoms with Crippen LogP contribution in [0.15, 0.2) is 29.3 Å². The molecule has 1 aromatic heterocycles. The van der Waals surface area contributed by atoms with Crippen LogP contribution >= 0.6 is 0 Å². The van der Waals surface area contributed by atoms with Gasteiger partial charge in [-0.1, -0.05) is 20.8 Å². The van der Waals surface area contributed by atoms with Gasteiger partial charge in [0.05, 0.1) is 5.52 Å². The van der Waals surface area contributed by atoms with Gasteiger partial charge in [0.2, 0.25) is 5.03 Å². The predicted octanol–water partition coefficient (Wildman–Crippen LogP) is 6.16. The van der Waals surface area contributed by atoms with Gasteiger partial charge in [-0.3, -0.25) is 24.2 Å². The van der Waals surface area contributed by atoms with Gasteiger partial charge in [0, 0.05) is 72.4 Å². The van der Waals surface area contributed by atoms with Crippen molar-refractivity contribution < 1.29 is 25.0 Å². The number of fused-ring (bicyclic) bond motifs is 1. The number of aromatic hydroxyl groups is 1. The van der Waals surface area contributed by atoms with Gasteiger partial charge in [-0.15, -0.1) is 0 Å². The summed E-state index contributed by atoms with van der Waals surface area (Å²) in [5, 5.41) is 13.5. The molecule has 1 aromatic carbocycles. The van der Waals surface area contributed by atoms with Crippen molar-refractivity contribution in [2.75, 3.05) is 19.6 Å². The fourth-order valence-corrected chi connectivity index (χ4v) is 8.43. The summed E-state index contributed by atoms with van der Waals surface area (Å²) in [6.07, 6.45) is 9.80. The molecule has 1 saturated heterocycles. The molecule has 2 amide bonds. The summed E-state index contributed by atoms with van der Waals surface area (Å²) in [6.45, 7) is 16.7. The number of aromatic amines is 1. The Morgan fingerprint density at radius 3 is 2.24 bits per heavy atom. The SMILES string of the molecule is CC(C)(C)Cc1c([SH+]C(C)(C)C)[nH]c2c(CN3CC[C@@H](CCC(=O)C4CCC(CN5C(=O)C=CC5=O)CC4)C3)c(O)ccc12.[OH-]. The number of imide groups is 1. The number of phenols is 1. The number of phenolic OH excluding ortho intramolecular Hbond substituents is 1. The third kappa shape index (κ3) is 8.80. The van der Waals surface area contributed by atoms with Crippen LogP contribution in [0, 0.1) is 23.2 Å². The first-order valence-electron chi connectivity index (χ1n) is 16.5. The monoisotopic (exact) mass is 639 g/mol. The van der Waals surface area contributed by atoms with Gasteiger partial charge in [0.15, 0.2) is 0 Å². The van der Waals surface area contributed by atoms with E-state index in [-0.39, 0.29) is 33.4 Å². The van der Waals surface area contributed by atoms with E-state index < -0.39 is 0 Å². The topological polar surface area (TPSA) is 124 Å². The molecule has 45 heavy (non-hydrogen) atoms. The van der Waals surface area contributed by atoms with E-state index >= 15 is 0 Å². The number of rotatable bonds is 10. The van der Waals surface area contributed by atoms with Crippen LogP contribution in [-0.2, 0) is 39.1 Å². The minimum atomic E-state index is -0.214. The summed E-state index contributed by atoms with van der Waals surface area (Å²) in [5.74, 6) is 1.20.